The van der Waals surface area contributed by atoms with E-state index >= 15 is 0 Å². The van der Waals surface area contributed by atoms with Crippen LogP contribution in [0.5, 0.6) is 0 Å². The molecule has 2 heterocycles. The van der Waals surface area contributed by atoms with E-state index < -0.39 is 0 Å². The van der Waals surface area contributed by atoms with Crippen molar-refractivity contribution in [2.24, 2.45) is 0 Å². The van der Waals surface area contributed by atoms with E-state index in [0.29, 0.717) is 12.0 Å². The van der Waals surface area contributed by atoms with Crippen LogP contribution in [0.4, 0.5) is 4.79 Å². The highest BCUT2D eigenvalue weighted by atomic mass is 16.2. The van der Waals surface area contributed by atoms with Gasteiger partial charge in [0.2, 0.25) is 0 Å². The van der Waals surface area contributed by atoms with E-state index in [-0.39, 0.29) is 18.1 Å². The highest BCUT2D eigenvalue weighted by molar-refractivity contribution is 5.77. The normalized spacial score (nSPS) is 29.5. The molecule has 3 aliphatic rings. The Morgan fingerprint density at radius 3 is 2.44 bits per heavy atom. The number of amides is 2. The van der Waals surface area contributed by atoms with Crippen LogP contribution < -0.4 is 10.6 Å². The van der Waals surface area contributed by atoms with Gasteiger partial charge in [-0.05, 0) is 30.9 Å². The third-order valence-corrected chi connectivity index (χ3v) is 6.10. The molecule has 2 N–H and O–H groups in total. The Morgan fingerprint density at radius 1 is 1.12 bits per heavy atom. The van der Waals surface area contributed by atoms with Gasteiger partial charge in [0.05, 0.1) is 12.1 Å². The van der Waals surface area contributed by atoms with Crippen LogP contribution >= 0.6 is 0 Å². The highest BCUT2D eigenvalue weighted by Crippen LogP contribution is 2.42. The molecule has 0 spiro atoms. The van der Waals surface area contributed by atoms with Crippen LogP contribution in [0.2, 0.25) is 0 Å². The lowest BCUT2D eigenvalue weighted by Crippen LogP contribution is -2.75. The summed E-state index contributed by atoms with van der Waals surface area (Å²) in [5.41, 5.74) is 2.60. The highest BCUT2D eigenvalue weighted by Gasteiger charge is 2.53. The summed E-state index contributed by atoms with van der Waals surface area (Å²) in [5.74, 6) is 0.470. The van der Waals surface area contributed by atoms with E-state index in [1.165, 1.54) is 30.4 Å². The van der Waals surface area contributed by atoms with Gasteiger partial charge in [-0.25, -0.2) is 4.79 Å². The number of piperidine rings is 1. The molecule has 4 rings (SSSR count). The van der Waals surface area contributed by atoms with E-state index in [1.54, 1.807) is 0 Å². The largest absolute Gasteiger partial charge is 0.335 e. The van der Waals surface area contributed by atoms with Gasteiger partial charge in [0, 0.05) is 25.0 Å². The Morgan fingerprint density at radius 2 is 1.80 bits per heavy atom. The van der Waals surface area contributed by atoms with Crippen LogP contribution in [0.25, 0.3) is 6.08 Å². The van der Waals surface area contributed by atoms with Gasteiger partial charge in [0.25, 0.3) is 0 Å². The van der Waals surface area contributed by atoms with E-state index in [1.807, 2.05) is 6.92 Å². The number of hydrogen-bond donors (Lipinski definition) is 2. The summed E-state index contributed by atoms with van der Waals surface area (Å²) in [4.78, 5) is 14.9. The maximum absolute atomic E-state index is 12.8. The van der Waals surface area contributed by atoms with E-state index in [0.717, 1.165) is 25.9 Å². The van der Waals surface area contributed by atoms with Gasteiger partial charge in [-0.3, -0.25) is 0 Å². The fourth-order valence-corrected chi connectivity index (χ4v) is 4.84. The van der Waals surface area contributed by atoms with Crippen molar-refractivity contribution in [2.45, 2.75) is 63.1 Å². The van der Waals surface area contributed by atoms with Crippen LogP contribution in [-0.4, -0.2) is 42.1 Å². The molecule has 1 unspecified atom stereocenters. The third kappa shape index (κ3) is 3.20. The second-order valence-corrected chi connectivity index (χ2v) is 7.68. The first-order valence-corrected chi connectivity index (χ1v) is 9.80. The molecule has 3 fully saturated rings. The van der Waals surface area contributed by atoms with Crippen molar-refractivity contribution in [3.63, 3.8) is 0 Å². The Kier molecular flexibility index (Phi) is 4.80. The van der Waals surface area contributed by atoms with Crippen LogP contribution in [0.3, 0.4) is 0 Å². The Hall–Kier alpha value is -1.81. The van der Waals surface area contributed by atoms with Gasteiger partial charge in [0.1, 0.15) is 0 Å². The molecule has 1 saturated carbocycles. The number of carbonyl (C=O) groups excluding carboxylic acids is 1. The van der Waals surface area contributed by atoms with Gasteiger partial charge in [-0.1, -0.05) is 55.7 Å². The summed E-state index contributed by atoms with van der Waals surface area (Å²) in [5, 5.41) is 6.77. The zero-order valence-electron chi connectivity index (χ0n) is 15.1. The maximum atomic E-state index is 12.8. The monoisotopic (exact) mass is 339 g/mol. The Balaban J connectivity index is 1.43. The third-order valence-electron chi connectivity index (χ3n) is 6.10. The molecule has 4 nitrogen and oxygen atoms in total. The molecule has 2 saturated heterocycles. The topological polar surface area (TPSA) is 44.4 Å². The summed E-state index contributed by atoms with van der Waals surface area (Å²) in [6.45, 7) is 3.84. The second-order valence-electron chi connectivity index (χ2n) is 7.68. The molecule has 134 valence electrons. The average molecular weight is 339 g/mol. The number of hydrogen-bond acceptors (Lipinski definition) is 2. The molecule has 1 aromatic carbocycles. The van der Waals surface area contributed by atoms with E-state index in [9.17, 15) is 4.79 Å². The van der Waals surface area contributed by atoms with E-state index in [4.69, 9.17) is 0 Å². The number of fused-ring (bicyclic) bond motifs is 2. The average Bonchev–Trinajstić information content (AvgIpc) is 2.65. The Labute approximate surface area is 150 Å². The van der Waals surface area contributed by atoms with Gasteiger partial charge in [0.15, 0.2) is 0 Å². The summed E-state index contributed by atoms with van der Waals surface area (Å²) >= 11 is 0. The number of allylic oxidation sites excluding steroid dienone is 1. The van der Waals surface area contributed by atoms with Crippen molar-refractivity contribution in [3.05, 3.63) is 41.5 Å². The van der Waals surface area contributed by atoms with Crippen LogP contribution in [0.15, 0.2) is 30.3 Å². The summed E-state index contributed by atoms with van der Waals surface area (Å²) < 4.78 is 0. The maximum Gasteiger partial charge on any atom is 0.318 e. The lowest BCUT2D eigenvalue weighted by atomic mass is 9.72. The zero-order valence-corrected chi connectivity index (χ0v) is 15.1. The summed E-state index contributed by atoms with van der Waals surface area (Å²) in [6, 6.07) is 9.96. The lowest BCUT2D eigenvalue weighted by Gasteiger charge is -2.59. The summed E-state index contributed by atoms with van der Waals surface area (Å²) in [7, 11) is 0. The fraction of sp³-hybridized carbons (Fsp3) is 0.571. The van der Waals surface area contributed by atoms with Crippen molar-refractivity contribution < 1.29 is 4.79 Å². The first-order chi connectivity index (χ1) is 12.3. The molecule has 3 atom stereocenters. The molecule has 1 aliphatic carbocycles. The van der Waals surface area contributed by atoms with Gasteiger partial charge >= 0.3 is 6.03 Å². The molecular weight excluding hydrogens is 310 g/mol. The van der Waals surface area contributed by atoms with E-state index in [2.05, 4.69) is 52.0 Å². The predicted octanol–water partition coefficient (Wildman–Crippen LogP) is 3.50. The SMILES string of the molecule is C/C=C/c1ccc(C2[C@H]3CNC[C@@H]2N3C(=O)NC2CCCCC2)cc1. The first kappa shape index (κ1) is 16.6. The smallest absolute Gasteiger partial charge is 0.318 e. The quantitative estimate of drug-likeness (QED) is 0.885. The number of nitrogens with one attached hydrogen (secondary N) is 2. The minimum absolute atomic E-state index is 0.158. The molecule has 2 bridgehead atoms. The Bertz CT molecular complexity index is 621. The molecular formula is C21H29N3O. The minimum Gasteiger partial charge on any atom is -0.335 e. The molecule has 0 aromatic heterocycles. The lowest BCUT2D eigenvalue weighted by molar-refractivity contribution is -0.00492. The number of piperazine rings is 1. The second kappa shape index (κ2) is 7.20. The first-order valence-electron chi connectivity index (χ1n) is 9.80. The molecule has 25 heavy (non-hydrogen) atoms. The van der Waals surface area contributed by atoms with Gasteiger partial charge in [-0.2, -0.15) is 0 Å². The van der Waals surface area contributed by atoms with Crippen LogP contribution in [0, 0.1) is 0 Å². The number of carbonyl (C=O) groups is 1. The number of benzene rings is 1. The number of likely N-dealkylation sites (tertiary alicyclic amines) is 1. The van der Waals surface area contributed by atoms with Crippen molar-refractivity contribution in [2.75, 3.05) is 13.1 Å². The molecule has 2 amide bonds. The molecule has 4 heteroatoms. The predicted molar refractivity (Wildman–Crippen MR) is 102 cm³/mol. The standard InChI is InChI=1S/C21H29N3O/c1-2-6-15-9-11-16(12-10-15)20-18-13-22-14-19(20)24(18)21(25)23-17-7-4-3-5-8-17/h2,6,9-12,17-20,22H,3-5,7-8,13-14H2,1H3,(H,23,25)/b6-2+/t18-,19+,20?. The number of urea groups is 1. The molecule has 1 aromatic rings. The van der Waals surface area contributed by atoms with Crippen molar-refractivity contribution in [1.29, 1.82) is 0 Å². The van der Waals surface area contributed by atoms with Crippen molar-refractivity contribution in [1.82, 2.24) is 15.5 Å². The molecule has 2 aliphatic heterocycles. The number of nitrogens with zero attached hydrogens (tertiary/aromatic N) is 1. The van der Waals surface area contributed by atoms with Gasteiger partial charge < -0.3 is 15.5 Å². The minimum atomic E-state index is 0.158. The summed E-state index contributed by atoms with van der Waals surface area (Å²) in [6.07, 6.45) is 10.3. The number of rotatable bonds is 3. The van der Waals surface area contributed by atoms with Crippen LogP contribution in [0.1, 0.15) is 56.1 Å². The van der Waals surface area contributed by atoms with Crippen molar-refractivity contribution in [3.8, 4) is 0 Å². The van der Waals surface area contributed by atoms with Crippen molar-refractivity contribution >= 4 is 12.1 Å². The van der Waals surface area contributed by atoms with Crippen LogP contribution in [-0.2, 0) is 0 Å². The van der Waals surface area contributed by atoms with Gasteiger partial charge in [-0.15, -0.1) is 0 Å². The molecule has 0 radical (unpaired) electrons. The fourth-order valence-electron chi connectivity index (χ4n) is 4.84. The zero-order chi connectivity index (χ0) is 17.2.